The summed E-state index contributed by atoms with van der Waals surface area (Å²) in [6.07, 6.45) is 1.99. The Labute approximate surface area is 266 Å². The van der Waals surface area contributed by atoms with E-state index in [2.05, 4.69) is 21.4 Å². The van der Waals surface area contributed by atoms with Crippen molar-refractivity contribution in [3.8, 4) is 11.5 Å². The average molecular weight is 673 g/mol. The molecule has 2 fully saturated rings. The largest absolute Gasteiger partial charge is 0.503 e. The van der Waals surface area contributed by atoms with E-state index in [0.29, 0.717) is 21.3 Å². The summed E-state index contributed by atoms with van der Waals surface area (Å²) in [4.78, 5) is 56.1. The smallest absolute Gasteiger partial charge is 0.347 e. The van der Waals surface area contributed by atoms with E-state index in [-0.39, 0.29) is 24.5 Å². The molecule has 2 aliphatic heterocycles. The molecule has 0 spiro atoms. The molecule has 1 saturated heterocycles. The molecular formula is C33H30BrN5O6. The summed E-state index contributed by atoms with van der Waals surface area (Å²) in [5, 5.41) is 11.8. The summed E-state index contributed by atoms with van der Waals surface area (Å²) >= 11 is 3.45. The number of methoxy groups -OCH3 is 1. The molecule has 3 aliphatic rings. The maximum absolute atomic E-state index is 15.1. The third-order valence-electron chi connectivity index (χ3n) is 9.45. The summed E-state index contributed by atoms with van der Waals surface area (Å²) in [6.45, 7) is 2.06. The lowest BCUT2D eigenvalue weighted by Crippen LogP contribution is -2.53. The Balaban J connectivity index is 1.52. The van der Waals surface area contributed by atoms with Crippen LogP contribution in [0.25, 0.3) is 0 Å². The molecule has 2 N–H and O–H groups in total. The number of carbonyl (C=O) groups excluding carboxylic acids is 2. The number of allylic oxidation sites excluding steroid dienone is 2. The van der Waals surface area contributed by atoms with Gasteiger partial charge in [0, 0.05) is 13.0 Å². The van der Waals surface area contributed by atoms with Crippen molar-refractivity contribution in [2.75, 3.05) is 12.5 Å². The van der Waals surface area contributed by atoms with Gasteiger partial charge in [0.15, 0.2) is 11.5 Å². The molecule has 0 bridgehead atoms. The number of fused-ring (bicyclic) bond motifs is 4. The number of hydrazine groups is 1. The lowest BCUT2D eigenvalue weighted by Gasteiger charge is -2.49. The first kappa shape index (κ1) is 28.9. The van der Waals surface area contributed by atoms with Gasteiger partial charge in [-0.1, -0.05) is 54.1 Å². The Kier molecular flexibility index (Phi) is 6.66. The van der Waals surface area contributed by atoms with Gasteiger partial charge >= 0.3 is 11.4 Å². The molecule has 1 saturated carbocycles. The number of ether oxygens (including phenoxy) is 1. The van der Waals surface area contributed by atoms with Gasteiger partial charge < -0.3 is 9.84 Å². The van der Waals surface area contributed by atoms with Crippen molar-refractivity contribution in [1.29, 1.82) is 0 Å². The predicted molar refractivity (Wildman–Crippen MR) is 169 cm³/mol. The van der Waals surface area contributed by atoms with E-state index in [1.807, 2.05) is 55.5 Å². The first-order chi connectivity index (χ1) is 21.6. The van der Waals surface area contributed by atoms with Crippen molar-refractivity contribution in [2.45, 2.75) is 37.3 Å². The number of imide groups is 1. The van der Waals surface area contributed by atoms with Gasteiger partial charge in [0.25, 0.3) is 11.8 Å². The highest BCUT2D eigenvalue weighted by molar-refractivity contribution is 9.10. The molecule has 45 heavy (non-hydrogen) atoms. The third kappa shape index (κ3) is 4.01. The number of hydrogen-bond donors (Lipinski definition) is 2. The Hall–Kier alpha value is -4.84. The monoisotopic (exact) mass is 671 g/mol. The summed E-state index contributed by atoms with van der Waals surface area (Å²) in [7, 11) is 2.86. The van der Waals surface area contributed by atoms with E-state index < -0.39 is 46.5 Å². The van der Waals surface area contributed by atoms with Crippen LogP contribution < -0.4 is 21.5 Å². The number of anilines is 1. The highest BCUT2D eigenvalue weighted by Crippen LogP contribution is 2.62. The molecule has 12 heteroatoms. The van der Waals surface area contributed by atoms with Crippen molar-refractivity contribution >= 4 is 33.4 Å². The van der Waals surface area contributed by atoms with Gasteiger partial charge in [-0.3, -0.25) is 15.0 Å². The zero-order valence-corrected chi connectivity index (χ0v) is 26.3. The molecule has 11 nitrogen and oxygen atoms in total. The lowest BCUT2D eigenvalue weighted by molar-refractivity contribution is -0.138. The van der Waals surface area contributed by atoms with Gasteiger partial charge in [-0.25, -0.2) is 23.5 Å². The number of aromatic hydroxyl groups is 1. The fraction of sp³-hybridized carbons (Fsp3) is 0.273. The first-order valence-electron chi connectivity index (χ1n) is 14.5. The number of halogens is 1. The number of rotatable bonds is 5. The molecule has 230 valence electrons. The minimum Gasteiger partial charge on any atom is -0.503 e. The van der Waals surface area contributed by atoms with Gasteiger partial charge in [0.1, 0.15) is 0 Å². The normalized spacial score (nSPS) is 23.7. The molecule has 7 rings (SSSR count). The number of aryl methyl sites for hydroxylation is 1. The van der Waals surface area contributed by atoms with Gasteiger partial charge in [-0.15, -0.1) is 0 Å². The number of amides is 2. The van der Waals surface area contributed by atoms with Crippen molar-refractivity contribution in [1.82, 2.24) is 18.9 Å². The number of carbonyl (C=O) groups is 2. The standard InChI is InChI=1S/C33H30BrN5O6/c1-18-9-11-21(12-10-18)35-38-29(41)23-17-25-22(13-14-37-31(43)36(2)32(44)39(25)37)27(19-15-24(34)28(40)26(16-19)45-3)33(23,30(38)42)20-7-5-4-6-8-20/h4-13,15-16,23,25,27,35,40H,14,17H2,1-3H3/t23-,25+,27-,33+/m0/s1. The number of aromatic nitrogens is 3. The quantitative estimate of drug-likeness (QED) is 0.244. The number of phenols is 1. The van der Waals surface area contributed by atoms with Gasteiger partial charge in [-0.2, -0.15) is 5.01 Å². The number of nitrogens with one attached hydrogen (secondary N) is 1. The first-order valence-corrected chi connectivity index (χ1v) is 15.3. The fourth-order valence-electron chi connectivity index (χ4n) is 7.41. The molecule has 3 heterocycles. The van der Waals surface area contributed by atoms with Crippen LogP contribution in [0.2, 0.25) is 0 Å². The van der Waals surface area contributed by atoms with Crippen molar-refractivity contribution < 1.29 is 19.4 Å². The Bertz CT molecular complexity index is 2030. The summed E-state index contributed by atoms with van der Waals surface area (Å²) < 4.78 is 9.71. The topological polar surface area (TPSA) is 128 Å². The maximum atomic E-state index is 15.1. The zero-order valence-electron chi connectivity index (χ0n) is 24.7. The van der Waals surface area contributed by atoms with E-state index in [0.717, 1.165) is 20.7 Å². The minimum absolute atomic E-state index is 0.105. The molecule has 1 aromatic heterocycles. The van der Waals surface area contributed by atoms with Crippen LogP contribution in [-0.2, 0) is 28.6 Å². The summed E-state index contributed by atoms with van der Waals surface area (Å²) in [5.41, 5.74) is 4.21. The Morgan fingerprint density at radius 3 is 2.40 bits per heavy atom. The summed E-state index contributed by atoms with van der Waals surface area (Å²) in [6, 6.07) is 19.3. The number of hydrogen-bond acceptors (Lipinski definition) is 7. The minimum atomic E-state index is -1.44. The van der Waals surface area contributed by atoms with Crippen LogP contribution >= 0.6 is 15.9 Å². The van der Waals surface area contributed by atoms with Crippen LogP contribution in [0.3, 0.4) is 0 Å². The van der Waals surface area contributed by atoms with E-state index >= 15 is 4.79 Å². The zero-order chi connectivity index (χ0) is 31.8. The molecule has 4 atom stereocenters. The number of nitrogens with zero attached hydrogens (tertiary/aromatic N) is 4. The predicted octanol–water partition coefficient (Wildman–Crippen LogP) is 3.75. The van der Waals surface area contributed by atoms with Crippen molar-refractivity contribution in [3.05, 3.63) is 121 Å². The molecule has 0 radical (unpaired) electrons. The molecule has 4 aromatic rings. The Morgan fingerprint density at radius 2 is 1.71 bits per heavy atom. The summed E-state index contributed by atoms with van der Waals surface area (Å²) in [5.74, 6) is -2.53. The third-order valence-corrected chi connectivity index (χ3v) is 10.1. The SMILES string of the molecule is COc1cc([C@H]2C3=CCn4c(=O)n(C)c(=O)n4[C@@H]3C[C@H]3C(=O)N(Nc4ccc(C)cc4)C(=O)[C@@]23c2ccccc2)cc(Br)c1O. The number of benzene rings is 3. The maximum Gasteiger partial charge on any atom is 0.347 e. The van der Waals surface area contributed by atoms with Crippen LogP contribution in [0.1, 0.15) is 35.1 Å². The molecule has 0 unspecified atom stereocenters. The highest BCUT2D eigenvalue weighted by atomic mass is 79.9. The number of phenolic OH excluding ortho intramolecular Hbond substituents is 1. The second kappa shape index (κ2) is 10.4. The van der Waals surface area contributed by atoms with Gasteiger partial charge in [-0.05, 0) is 70.2 Å². The molecular weight excluding hydrogens is 642 g/mol. The van der Waals surface area contributed by atoms with E-state index in [1.54, 1.807) is 24.3 Å². The van der Waals surface area contributed by atoms with Crippen molar-refractivity contribution in [2.24, 2.45) is 13.0 Å². The molecule has 2 amide bonds. The van der Waals surface area contributed by atoms with Crippen LogP contribution in [0.4, 0.5) is 5.69 Å². The van der Waals surface area contributed by atoms with Gasteiger partial charge in [0.2, 0.25) is 0 Å². The van der Waals surface area contributed by atoms with E-state index in [1.165, 1.54) is 23.5 Å². The van der Waals surface area contributed by atoms with Crippen molar-refractivity contribution in [3.63, 3.8) is 0 Å². The van der Waals surface area contributed by atoms with Crippen LogP contribution in [-0.4, -0.2) is 43.0 Å². The van der Waals surface area contributed by atoms with Crippen LogP contribution in [0, 0.1) is 12.8 Å². The molecule has 1 aliphatic carbocycles. The highest BCUT2D eigenvalue weighted by Gasteiger charge is 2.68. The Morgan fingerprint density at radius 1 is 1.00 bits per heavy atom. The van der Waals surface area contributed by atoms with E-state index in [9.17, 15) is 19.5 Å². The van der Waals surface area contributed by atoms with Gasteiger partial charge in [0.05, 0.1) is 41.2 Å². The lowest BCUT2D eigenvalue weighted by atomic mass is 9.53. The second-order valence-electron chi connectivity index (χ2n) is 11.7. The molecule has 3 aromatic carbocycles. The van der Waals surface area contributed by atoms with Crippen LogP contribution in [0.5, 0.6) is 11.5 Å². The fourth-order valence-corrected chi connectivity index (χ4v) is 7.87. The second-order valence-corrected chi connectivity index (χ2v) is 12.6. The van der Waals surface area contributed by atoms with E-state index in [4.69, 9.17) is 4.74 Å². The average Bonchev–Trinajstić information content (AvgIpc) is 3.40. The van der Waals surface area contributed by atoms with Crippen LogP contribution in [0.15, 0.2) is 92.4 Å².